The SMILES string of the molecule is COCC(C)OCC(O)CSc1nc(C)cs1. The minimum atomic E-state index is -0.469. The Balaban J connectivity index is 2.14. The maximum absolute atomic E-state index is 9.72. The number of ether oxygens (including phenoxy) is 2. The van der Waals surface area contributed by atoms with E-state index in [4.69, 9.17) is 9.47 Å². The van der Waals surface area contributed by atoms with Crippen LogP contribution in [0.4, 0.5) is 0 Å². The van der Waals surface area contributed by atoms with Gasteiger partial charge in [0, 0.05) is 23.9 Å². The first-order chi connectivity index (χ1) is 8.11. The van der Waals surface area contributed by atoms with E-state index in [1.165, 1.54) is 0 Å². The molecule has 1 aromatic heterocycles. The summed E-state index contributed by atoms with van der Waals surface area (Å²) in [5.74, 6) is 0.604. The van der Waals surface area contributed by atoms with Gasteiger partial charge in [0.2, 0.25) is 0 Å². The Bertz CT molecular complexity index is 319. The van der Waals surface area contributed by atoms with Gasteiger partial charge in [0.05, 0.1) is 25.4 Å². The average molecular weight is 277 g/mol. The minimum Gasteiger partial charge on any atom is -0.390 e. The Morgan fingerprint density at radius 2 is 2.29 bits per heavy atom. The molecule has 0 saturated carbocycles. The fourth-order valence-corrected chi connectivity index (χ4v) is 2.95. The smallest absolute Gasteiger partial charge is 0.150 e. The van der Waals surface area contributed by atoms with E-state index >= 15 is 0 Å². The molecule has 1 rings (SSSR count). The summed E-state index contributed by atoms with van der Waals surface area (Å²) in [6.45, 7) is 4.77. The molecule has 0 fully saturated rings. The van der Waals surface area contributed by atoms with Crippen molar-refractivity contribution in [2.75, 3.05) is 26.1 Å². The summed E-state index contributed by atoms with van der Waals surface area (Å²) in [6.07, 6.45) is -0.453. The molecule has 0 aliphatic heterocycles. The molecule has 1 aromatic rings. The summed E-state index contributed by atoms with van der Waals surface area (Å²) in [6, 6.07) is 0. The first-order valence-electron chi connectivity index (χ1n) is 5.45. The quantitative estimate of drug-likeness (QED) is 0.736. The van der Waals surface area contributed by atoms with Crippen LogP contribution in [-0.2, 0) is 9.47 Å². The number of aliphatic hydroxyl groups is 1. The summed E-state index contributed by atoms with van der Waals surface area (Å²) in [4.78, 5) is 4.32. The normalized spacial score (nSPS) is 14.8. The number of aromatic nitrogens is 1. The molecule has 1 N–H and O–H groups in total. The van der Waals surface area contributed by atoms with E-state index in [2.05, 4.69) is 4.98 Å². The van der Waals surface area contributed by atoms with E-state index in [0.717, 1.165) is 10.0 Å². The largest absolute Gasteiger partial charge is 0.390 e. The number of thioether (sulfide) groups is 1. The van der Waals surface area contributed by atoms with E-state index in [1.807, 2.05) is 19.2 Å². The van der Waals surface area contributed by atoms with Crippen molar-refractivity contribution in [3.63, 3.8) is 0 Å². The Hall–Kier alpha value is -0.140. The van der Waals surface area contributed by atoms with Crippen LogP contribution in [0.15, 0.2) is 9.72 Å². The van der Waals surface area contributed by atoms with E-state index in [9.17, 15) is 5.11 Å². The van der Waals surface area contributed by atoms with Crippen LogP contribution in [0.25, 0.3) is 0 Å². The zero-order valence-electron chi connectivity index (χ0n) is 10.4. The zero-order chi connectivity index (χ0) is 12.7. The van der Waals surface area contributed by atoms with Gasteiger partial charge in [-0.25, -0.2) is 4.98 Å². The Morgan fingerprint density at radius 1 is 1.53 bits per heavy atom. The third kappa shape index (κ3) is 6.38. The number of aryl methyl sites for hydroxylation is 1. The van der Waals surface area contributed by atoms with Crippen molar-refractivity contribution in [2.45, 2.75) is 30.4 Å². The highest BCUT2D eigenvalue weighted by atomic mass is 32.2. The second-order valence-electron chi connectivity index (χ2n) is 3.82. The van der Waals surface area contributed by atoms with E-state index in [-0.39, 0.29) is 6.10 Å². The fraction of sp³-hybridized carbons (Fsp3) is 0.727. The Kier molecular flexibility index (Phi) is 7.06. The van der Waals surface area contributed by atoms with Gasteiger partial charge in [-0.2, -0.15) is 0 Å². The third-order valence-electron chi connectivity index (χ3n) is 1.97. The van der Waals surface area contributed by atoms with Crippen LogP contribution in [0, 0.1) is 6.92 Å². The molecule has 0 aliphatic carbocycles. The van der Waals surface area contributed by atoms with Crippen LogP contribution < -0.4 is 0 Å². The van der Waals surface area contributed by atoms with E-state index in [0.29, 0.717) is 19.0 Å². The third-order valence-corrected chi connectivity index (χ3v) is 4.26. The topological polar surface area (TPSA) is 51.6 Å². The molecule has 0 spiro atoms. The minimum absolute atomic E-state index is 0.0155. The molecule has 4 nitrogen and oxygen atoms in total. The van der Waals surface area contributed by atoms with Crippen LogP contribution in [0.2, 0.25) is 0 Å². The fourth-order valence-electron chi connectivity index (χ4n) is 1.17. The molecular weight excluding hydrogens is 258 g/mol. The molecule has 0 bridgehead atoms. The molecule has 0 amide bonds. The van der Waals surface area contributed by atoms with Gasteiger partial charge < -0.3 is 14.6 Å². The zero-order valence-corrected chi connectivity index (χ0v) is 12.0. The molecule has 1 heterocycles. The maximum atomic E-state index is 9.72. The van der Waals surface area contributed by atoms with Crippen LogP contribution in [0.1, 0.15) is 12.6 Å². The number of rotatable bonds is 8. The lowest BCUT2D eigenvalue weighted by molar-refractivity contribution is -0.0257. The second kappa shape index (κ2) is 8.05. The molecule has 2 unspecified atom stereocenters. The average Bonchev–Trinajstić information content (AvgIpc) is 2.70. The van der Waals surface area contributed by atoms with Gasteiger partial charge in [0.25, 0.3) is 0 Å². The highest BCUT2D eigenvalue weighted by Crippen LogP contribution is 2.22. The highest BCUT2D eigenvalue weighted by molar-refractivity contribution is 8.01. The molecule has 6 heteroatoms. The summed E-state index contributed by atoms with van der Waals surface area (Å²) in [7, 11) is 1.64. The standard InChI is InChI=1S/C11H19NO3S2/c1-8-6-16-11(12-8)17-7-10(13)5-15-9(2)4-14-3/h6,9-10,13H,4-5,7H2,1-3H3. The van der Waals surface area contributed by atoms with Crippen molar-refractivity contribution in [1.29, 1.82) is 0 Å². The predicted molar refractivity (Wildman–Crippen MR) is 70.9 cm³/mol. The van der Waals surface area contributed by atoms with Crippen molar-refractivity contribution in [3.8, 4) is 0 Å². The first-order valence-corrected chi connectivity index (χ1v) is 7.32. The first kappa shape index (κ1) is 14.9. The van der Waals surface area contributed by atoms with E-state index < -0.39 is 6.10 Å². The number of thiazole rings is 1. The lowest BCUT2D eigenvalue weighted by atomic mass is 10.4. The van der Waals surface area contributed by atoms with Gasteiger partial charge in [-0.1, -0.05) is 11.8 Å². The highest BCUT2D eigenvalue weighted by Gasteiger charge is 2.09. The van der Waals surface area contributed by atoms with E-state index in [1.54, 1.807) is 30.2 Å². The Labute approximate surface area is 110 Å². The maximum Gasteiger partial charge on any atom is 0.150 e. The van der Waals surface area contributed by atoms with Gasteiger partial charge in [0.15, 0.2) is 0 Å². The van der Waals surface area contributed by atoms with Crippen molar-refractivity contribution >= 4 is 23.1 Å². The Morgan fingerprint density at radius 3 is 2.88 bits per heavy atom. The van der Waals surface area contributed by atoms with Crippen molar-refractivity contribution in [1.82, 2.24) is 4.98 Å². The van der Waals surface area contributed by atoms with Gasteiger partial charge in [-0.3, -0.25) is 0 Å². The molecule has 0 radical (unpaired) electrons. The number of aliphatic hydroxyl groups excluding tert-OH is 1. The molecular formula is C11H19NO3S2. The molecule has 0 saturated heterocycles. The number of hydrogen-bond acceptors (Lipinski definition) is 6. The van der Waals surface area contributed by atoms with Crippen molar-refractivity contribution in [2.24, 2.45) is 0 Å². The summed E-state index contributed by atoms with van der Waals surface area (Å²) >= 11 is 3.16. The number of nitrogens with zero attached hydrogens (tertiary/aromatic N) is 1. The van der Waals surface area contributed by atoms with Crippen LogP contribution in [-0.4, -0.2) is 48.4 Å². The van der Waals surface area contributed by atoms with Crippen LogP contribution in [0.5, 0.6) is 0 Å². The summed E-state index contributed by atoms with van der Waals surface area (Å²) in [5.41, 5.74) is 1.02. The molecule has 17 heavy (non-hydrogen) atoms. The molecule has 0 aromatic carbocycles. The van der Waals surface area contributed by atoms with Gasteiger partial charge in [0.1, 0.15) is 4.34 Å². The predicted octanol–water partition coefficient (Wildman–Crippen LogP) is 1.96. The number of hydrogen-bond donors (Lipinski definition) is 1. The molecule has 2 atom stereocenters. The lowest BCUT2D eigenvalue weighted by Gasteiger charge is -2.15. The van der Waals surface area contributed by atoms with Gasteiger partial charge >= 0.3 is 0 Å². The van der Waals surface area contributed by atoms with Crippen LogP contribution >= 0.6 is 23.1 Å². The van der Waals surface area contributed by atoms with Gasteiger partial charge in [-0.05, 0) is 13.8 Å². The molecule has 98 valence electrons. The monoisotopic (exact) mass is 277 g/mol. The van der Waals surface area contributed by atoms with Gasteiger partial charge in [-0.15, -0.1) is 11.3 Å². The second-order valence-corrected chi connectivity index (χ2v) is 5.94. The summed E-state index contributed by atoms with van der Waals surface area (Å²) in [5, 5.41) is 11.7. The lowest BCUT2D eigenvalue weighted by Crippen LogP contribution is -2.24. The summed E-state index contributed by atoms with van der Waals surface area (Å²) < 4.78 is 11.4. The number of methoxy groups -OCH3 is 1. The van der Waals surface area contributed by atoms with Crippen molar-refractivity contribution in [3.05, 3.63) is 11.1 Å². The molecule has 0 aliphatic rings. The van der Waals surface area contributed by atoms with Crippen molar-refractivity contribution < 1.29 is 14.6 Å². The van der Waals surface area contributed by atoms with Crippen LogP contribution in [0.3, 0.4) is 0 Å².